The van der Waals surface area contributed by atoms with Crippen LogP contribution in [0, 0.1) is 23.2 Å². The highest BCUT2D eigenvalue weighted by atomic mass is 79.9. The summed E-state index contributed by atoms with van der Waals surface area (Å²) >= 11 is 3.46. The molecule has 4 fully saturated rings. The minimum Gasteiger partial charge on any atom is -0.392 e. The summed E-state index contributed by atoms with van der Waals surface area (Å²) in [7, 11) is 0. The van der Waals surface area contributed by atoms with E-state index in [9.17, 15) is 5.11 Å². The zero-order valence-electron chi connectivity index (χ0n) is 8.58. The summed E-state index contributed by atoms with van der Waals surface area (Å²) in [6.45, 7) is 0. The number of aliphatic hydroxyl groups is 1. The molecule has 14 heavy (non-hydrogen) atoms. The Morgan fingerprint density at radius 1 is 1.07 bits per heavy atom. The van der Waals surface area contributed by atoms with Crippen molar-refractivity contribution in [1.82, 2.24) is 0 Å². The van der Waals surface area contributed by atoms with Crippen molar-refractivity contribution >= 4 is 15.9 Å². The lowest BCUT2D eigenvalue weighted by atomic mass is 9.48. The maximum Gasteiger partial charge on any atom is 0.0693 e. The molecular weight excluding hydrogens is 240 g/mol. The van der Waals surface area contributed by atoms with E-state index < -0.39 is 0 Å². The Balaban J connectivity index is 1.87. The van der Waals surface area contributed by atoms with Crippen molar-refractivity contribution in [2.75, 3.05) is 5.33 Å². The lowest BCUT2D eigenvalue weighted by Crippen LogP contribution is -2.52. The van der Waals surface area contributed by atoms with Gasteiger partial charge in [-0.15, -0.1) is 0 Å². The van der Waals surface area contributed by atoms with Crippen molar-refractivity contribution in [2.45, 2.75) is 44.6 Å². The van der Waals surface area contributed by atoms with Gasteiger partial charge < -0.3 is 5.11 Å². The lowest BCUT2D eigenvalue weighted by Gasteiger charge is -2.58. The summed E-state index contributed by atoms with van der Waals surface area (Å²) in [5.74, 6) is 2.86. The van der Waals surface area contributed by atoms with Gasteiger partial charge in [0, 0.05) is 5.33 Å². The minimum atomic E-state index is -0.0871. The van der Waals surface area contributed by atoms with Crippen molar-refractivity contribution < 1.29 is 5.11 Å². The third-order valence-electron chi connectivity index (χ3n) is 4.94. The Hall–Kier alpha value is 0.440. The molecule has 1 nitrogen and oxygen atoms in total. The Morgan fingerprint density at radius 3 is 1.86 bits per heavy atom. The molecule has 2 heteroatoms. The number of rotatable bonds is 2. The first-order valence-electron chi connectivity index (χ1n) is 5.96. The van der Waals surface area contributed by atoms with Crippen LogP contribution in [-0.2, 0) is 0 Å². The summed E-state index contributed by atoms with van der Waals surface area (Å²) < 4.78 is 0. The van der Waals surface area contributed by atoms with Gasteiger partial charge in [-0.25, -0.2) is 0 Å². The van der Waals surface area contributed by atoms with E-state index in [1.165, 1.54) is 38.5 Å². The second-order valence-corrected chi connectivity index (χ2v) is 6.60. The van der Waals surface area contributed by atoms with Gasteiger partial charge in [-0.3, -0.25) is 0 Å². The van der Waals surface area contributed by atoms with Crippen LogP contribution < -0.4 is 0 Å². The third-order valence-corrected chi connectivity index (χ3v) is 5.55. The van der Waals surface area contributed by atoms with E-state index in [1.807, 2.05) is 0 Å². The minimum absolute atomic E-state index is 0.0871. The van der Waals surface area contributed by atoms with Crippen molar-refractivity contribution in [3.05, 3.63) is 0 Å². The number of hydrogen-bond donors (Lipinski definition) is 1. The van der Waals surface area contributed by atoms with Crippen LogP contribution in [0.25, 0.3) is 0 Å². The molecule has 1 atom stereocenters. The molecule has 0 aromatic carbocycles. The Bertz CT molecular complexity index is 203. The van der Waals surface area contributed by atoms with E-state index >= 15 is 0 Å². The SMILES string of the molecule is O[C@H](CBr)C12CC3CC(CC(C3)C1)C2. The summed E-state index contributed by atoms with van der Waals surface area (Å²) in [4.78, 5) is 0. The number of aliphatic hydroxyl groups excluding tert-OH is 1. The fourth-order valence-electron chi connectivity index (χ4n) is 4.75. The highest BCUT2D eigenvalue weighted by Gasteiger charge is 2.53. The molecule has 4 bridgehead atoms. The molecule has 4 rings (SSSR count). The topological polar surface area (TPSA) is 20.2 Å². The van der Waals surface area contributed by atoms with Crippen LogP contribution in [0.4, 0.5) is 0 Å². The van der Waals surface area contributed by atoms with Crippen LogP contribution in [-0.4, -0.2) is 16.5 Å². The van der Waals surface area contributed by atoms with E-state index in [0.717, 1.165) is 23.1 Å². The summed E-state index contributed by atoms with van der Waals surface area (Å²) in [6.07, 6.45) is 8.25. The molecule has 4 saturated carbocycles. The van der Waals surface area contributed by atoms with Gasteiger partial charge in [0.15, 0.2) is 0 Å². The fourth-order valence-corrected chi connectivity index (χ4v) is 5.44. The van der Waals surface area contributed by atoms with Crippen LogP contribution in [0.1, 0.15) is 38.5 Å². The smallest absolute Gasteiger partial charge is 0.0693 e. The van der Waals surface area contributed by atoms with Gasteiger partial charge in [-0.05, 0) is 61.7 Å². The third kappa shape index (κ3) is 1.30. The van der Waals surface area contributed by atoms with E-state index in [1.54, 1.807) is 0 Å². The quantitative estimate of drug-likeness (QED) is 0.756. The van der Waals surface area contributed by atoms with Crippen molar-refractivity contribution in [3.63, 3.8) is 0 Å². The van der Waals surface area contributed by atoms with Crippen LogP contribution >= 0.6 is 15.9 Å². The number of alkyl halides is 1. The molecule has 0 saturated heterocycles. The molecule has 1 N–H and O–H groups in total. The number of halogens is 1. The largest absolute Gasteiger partial charge is 0.392 e. The summed E-state index contributed by atoms with van der Waals surface area (Å²) in [5.41, 5.74) is 0.318. The molecule has 0 aromatic heterocycles. The molecule has 0 radical (unpaired) electrons. The monoisotopic (exact) mass is 258 g/mol. The molecule has 80 valence electrons. The van der Waals surface area contributed by atoms with Gasteiger partial charge in [-0.2, -0.15) is 0 Å². The Morgan fingerprint density at radius 2 is 1.50 bits per heavy atom. The van der Waals surface area contributed by atoms with E-state index in [0.29, 0.717) is 5.41 Å². The molecule has 0 aliphatic heterocycles. The van der Waals surface area contributed by atoms with Gasteiger partial charge in [0.1, 0.15) is 0 Å². The second kappa shape index (κ2) is 3.21. The van der Waals surface area contributed by atoms with Crippen molar-refractivity contribution in [3.8, 4) is 0 Å². The van der Waals surface area contributed by atoms with Crippen molar-refractivity contribution in [2.24, 2.45) is 23.2 Å². The average molecular weight is 259 g/mol. The predicted molar refractivity (Wildman–Crippen MR) is 60.4 cm³/mol. The van der Waals surface area contributed by atoms with Crippen LogP contribution in [0.3, 0.4) is 0 Å². The van der Waals surface area contributed by atoms with E-state index in [-0.39, 0.29) is 6.10 Å². The van der Waals surface area contributed by atoms with Gasteiger partial charge in [0.05, 0.1) is 6.10 Å². The lowest BCUT2D eigenvalue weighted by molar-refractivity contribution is -0.111. The molecule has 0 aromatic rings. The summed E-state index contributed by atoms with van der Waals surface area (Å²) in [6, 6.07) is 0. The average Bonchev–Trinajstić information content (AvgIpc) is 2.14. The fraction of sp³-hybridized carbons (Fsp3) is 1.00. The second-order valence-electron chi connectivity index (χ2n) is 5.95. The molecule has 0 unspecified atom stereocenters. The maximum atomic E-state index is 10.2. The Kier molecular flexibility index (Phi) is 2.22. The molecule has 4 aliphatic carbocycles. The molecular formula is C12H19BrO. The molecule has 4 aliphatic rings. The first kappa shape index (κ1) is 9.65. The zero-order chi connectivity index (χ0) is 9.76. The molecule has 0 amide bonds. The standard InChI is InChI=1S/C12H19BrO/c13-7-11(14)12-4-8-1-9(5-12)3-10(2-8)6-12/h8-11,14H,1-7H2/t8?,9?,10?,11-,12?/m1/s1. The van der Waals surface area contributed by atoms with Gasteiger partial charge in [0.2, 0.25) is 0 Å². The first-order valence-corrected chi connectivity index (χ1v) is 7.08. The molecule has 0 spiro atoms. The van der Waals surface area contributed by atoms with Crippen LogP contribution in [0.2, 0.25) is 0 Å². The predicted octanol–water partition coefficient (Wildman–Crippen LogP) is 2.96. The van der Waals surface area contributed by atoms with E-state index in [2.05, 4.69) is 15.9 Å². The molecule has 0 heterocycles. The zero-order valence-corrected chi connectivity index (χ0v) is 10.2. The van der Waals surface area contributed by atoms with Crippen LogP contribution in [0.15, 0.2) is 0 Å². The van der Waals surface area contributed by atoms with E-state index in [4.69, 9.17) is 0 Å². The Labute approximate surface area is 94.4 Å². The normalized spacial score (nSPS) is 52.3. The number of hydrogen-bond acceptors (Lipinski definition) is 1. The summed E-state index contributed by atoms with van der Waals surface area (Å²) in [5, 5.41) is 11.0. The maximum absolute atomic E-state index is 10.2. The highest BCUT2D eigenvalue weighted by Crippen LogP contribution is 2.61. The van der Waals surface area contributed by atoms with Gasteiger partial charge >= 0.3 is 0 Å². The van der Waals surface area contributed by atoms with Gasteiger partial charge in [0.25, 0.3) is 0 Å². The van der Waals surface area contributed by atoms with Crippen LogP contribution in [0.5, 0.6) is 0 Å². The van der Waals surface area contributed by atoms with Crippen molar-refractivity contribution in [1.29, 1.82) is 0 Å². The van der Waals surface area contributed by atoms with Gasteiger partial charge in [-0.1, -0.05) is 15.9 Å². The highest BCUT2D eigenvalue weighted by molar-refractivity contribution is 9.09. The first-order chi connectivity index (χ1) is 6.72.